The minimum Gasteiger partial charge on any atom is -0.497 e. The molecule has 0 radical (unpaired) electrons. The van der Waals surface area contributed by atoms with Gasteiger partial charge in [-0.3, -0.25) is 4.79 Å². The Morgan fingerprint density at radius 1 is 0.971 bits per heavy atom. The van der Waals surface area contributed by atoms with Crippen molar-refractivity contribution in [1.82, 2.24) is 5.32 Å². The van der Waals surface area contributed by atoms with Gasteiger partial charge in [0.15, 0.2) is 0 Å². The van der Waals surface area contributed by atoms with E-state index in [0.29, 0.717) is 5.75 Å². The maximum absolute atomic E-state index is 12.6. The number of carboxylic acid groups (broad SMARTS) is 1. The van der Waals surface area contributed by atoms with Crippen molar-refractivity contribution in [1.29, 1.82) is 0 Å². The summed E-state index contributed by atoms with van der Waals surface area (Å²) in [4.78, 5) is 36.5. The maximum atomic E-state index is 12.6. The van der Waals surface area contributed by atoms with Gasteiger partial charge < -0.3 is 25.2 Å². The van der Waals surface area contributed by atoms with Crippen LogP contribution >= 0.6 is 0 Å². The number of benzene rings is 3. The number of rotatable bonds is 7. The van der Waals surface area contributed by atoms with Crippen LogP contribution in [0.5, 0.6) is 5.75 Å². The zero-order valence-corrected chi connectivity index (χ0v) is 18.7. The first-order valence-corrected chi connectivity index (χ1v) is 10.7. The summed E-state index contributed by atoms with van der Waals surface area (Å²) in [6.07, 6.45) is -0.738. The van der Waals surface area contributed by atoms with Crippen LogP contribution in [0.3, 0.4) is 0 Å². The highest BCUT2D eigenvalue weighted by Crippen LogP contribution is 2.44. The SMILES string of the molecule is COc1ccc(NC(=O)[C@@H](C)NC(=O)OCC2c3ccccc3-c3ccccc32)c(C(=O)O)c1. The van der Waals surface area contributed by atoms with E-state index in [-0.39, 0.29) is 23.8 Å². The molecule has 3 aromatic rings. The lowest BCUT2D eigenvalue weighted by molar-refractivity contribution is -0.117. The van der Waals surface area contributed by atoms with Gasteiger partial charge in [-0.1, -0.05) is 48.5 Å². The molecule has 174 valence electrons. The Labute approximate surface area is 196 Å². The number of aromatic carboxylic acids is 1. The highest BCUT2D eigenvalue weighted by Gasteiger charge is 2.29. The van der Waals surface area contributed by atoms with E-state index in [4.69, 9.17) is 9.47 Å². The Morgan fingerprint density at radius 2 is 1.59 bits per heavy atom. The average molecular weight is 460 g/mol. The molecule has 1 aliphatic rings. The fourth-order valence-electron chi connectivity index (χ4n) is 4.06. The number of anilines is 1. The van der Waals surface area contributed by atoms with Gasteiger partial charge in [0.05, 0.1) is 18.4 Å². The summed E-state index contributed by atoms with van der Waals surface area (Å²) in [5.74, 6) is -1.55. The summed E-state index contributed by atoms with van der Waals surface area (Å²) in [5, 5.41) is 14.4. The van der Waals surface area contributed by atoms with Gasteiger partial charge in [0.25, 0.3) is 0 Å². The van der Waals surface area contributed by atoms with Crippen LogP contribution in [0.25, 0.3) is 11.1 Å². The van der Waals surface area contributed by atoms with Crippen LogP contribution in [0.15, 0.2) is 66.7 Å². The number of amides is 2. The topological polar surface area (TPSA) is 114 Å². The second kappa shape index (κ2) is 9.66. The van der Waals surface area contributed by atoms with E-state index in [1.165, 1.54) is 32.2 Å². The molecule has 1 atom stereocenters. The van der Waals surface area contributed by atoms with Crippen molar-refractivity contribution in [2.75, 3.05) is 19.0 Å². The lowest BCUT2D eigenvalue weighted by atomic mass is 9.98. The molecule has 8 heteroatoms. The van der Waals surface area contributed by atoms with Crippen LogP contribution in [-0.2, 0) is 9.53 Å². The third-order valence-electron chi connectivity index (χ3n) is 5.79. The number of carboxylic acids is 1. The largest absolute Gasteiger partial charge is 0.497 e. The van der Waals surface area contributed by atoms with Crippen molar-refractivity contribution in [3.63, 3.8) is 0 Å². The molecule has 3 N–H and O–H groups in total. The molecule has 0 saturated heterocycles. The molecular formula is C26H24N2O6. The molecule has 0 spiro atoms. The lowest BCUT2D eigenvalue weighted by Gasteiger charge is -2.18. The monoisotopic (exact) mass is 460 g/mol. The highest BCUT2D eigenvalue weighted by molar-refractivity contribution is 6.03. The van der Waals surface area contributed by atoms with E-state index < -0.39 is 24.0 Å². The molecular weight excluding hydrogens is 436 g/mol. The van der Waals surface area contributed by atoms with Crippen molar-refractivity contribution >= 4 is 23.7 Å². The van der Waals surface area contributed by atoms with E-state index in [2.05, 4.69) is 10.6 Å². The number of hydrogen-bond donors (Lipinski definition) is 3. The number of nitrogens with one attached hydrogen (secondary N) is 2. The first-order valence-electron chi connectivity index (χ1n) is 10.7. The van der Waals surface area contributed by atoms with E-state index in [0.717, 1.165) is 22.3 Å². The summed E-state index contributed by atoms with van der Waals surface area (Å²) in [7, 11) is 1.42. The zero-order chi connectivity index (χ0) is 24.2. The Hall–Kier alpha value is -4.33. The van der Waals surface area contributed by atoms with E-state index in [9.17, 15) is 19.5 Å². The van der Waals surface area contributed by atoms with Gasteiger partial charge in [0.1, 0.15) is 18.4 Å². The molecule has 0 bridgehead atoms. The molecule has 0 heterocycles. The molecule has 4 rings (SSSR count). The van der Waals surface area contributed by atoms with Crippen LogP contribution in [0, 0.1) is 0 Å². The van der Waals surface area contributed by atoms with Gasteiger partial charge >= 0.3 is 12.1 Å². The number of carbonyl (C=O) groups excluding carboxylic acids is 2. The molecule has 3 aromatic carbocycles. The molecule has 1 aliphatic carbocycles. The van der Waals surface area contributed by atoms with E-state index in [1.807, 2.05) is 48.5 Å². The summed E-state index contributed by atoms with van der Waals surface area (Å²) >= 11 is 0. The zero-order valence-electron chi connectivity index (χ0n) is 18.7. The van der Waals surface area contributed by atoms with Gasteiger partial charge in [-0.2, -0.15) is 0 Å². The van der Waals surface area contributed by atoms with Gasteiger partial charge in [0, 0.05) is 5.92 Å². The normalized spacial score (nSPS) is 12.8. The van der Waals surface area contributed by atoms with Crippen LogP contribution in [0.4, 0.5) is 10.5 Å². The third kappa shape index (κ3) is 4.56. The van der Waals surface area contributed by atoms with E-state index in [1.54, 1.807) is 0 Å². The van der Waals surface area contributed by atoms with Gasteiger partial charge in [0.2, 0.25) is 5.91 Å². The Bertz CT molecular complexity index is 1210. The van der Waals surface area contributed by atoms with Crippen molar-refractivity contribution in [2.24, 2.45) is 0 Å². The molecule has 8 nitrogen and oxygen atoms in total. The maximum Gasteiger partial charge on any atom is 0.407 e. The predicted octanol–water partition coefficient (Wildman–Crippen LogP) is 4.26. The van der Waals surface area contributed by atoms with Crippen molar-refractivity contribution in [3.8, 4) is 16.9 Å². The highest BCUT2D eigenvalue weighted by atomic mass is 16.5. The van der Waals surface area contributed by atoms with Crippen LogP contribution in [-0.4, -0.2) is 42.8 Å². The van der Waals surface area contributed by atoms with Crippen molar-refractivity contribution in [2.45, 2.75) is 18.9 Å². The summed E-state index contributed by atoms with van der Waals surface area (Å²) < 4.78 is 10.5. The molecule has 0 aromatic heterocycles. The smallest absolute Gasteiger partial charge is 0.407 e. The number of carbonyl (C=O) groups is 3. The first-order chi connectivity index (χ1) is 16.4. The fraction of sp³-hybridized carbons (Fsp3) is 0.192. The Kier molecular flexibility index (Phi) is 6.49. The standard InChI is InChI=1S/C26H24N2O6/c1-15(24(29)28-23-12-11-16(33-2)13-21(23)25(30)31)27-26(32)34-14-22-19-9-5-3-7-17(19)18-8-4-6-10-20(18)22/h3-13,15,22H,14H2,1-2H3,(H,27,32)(H,28,29)(H,30,31)/t15-/m1/s1. The molecule has 34 heavy (non-hydrogen) atoms. The quantitative estimate of drug-likeness (QED) is 0.486. The van der Waals surface area contributed by atoms with Crippen LogP contribution < -0.4 is 15.4 Å². The average Bonchev–Trinajstić information content (AvgIpc) is 3.16. The minimum absolute atomic E-state index is 0.0967. The third-order valence-corrected chi connectivity index (χ3v) is 5.79. The number of methoxy groups -OCH3 is 1. The molecule has 2 amide bonds. The predicted molar refractivity (Wildman–Crippen MR) is 126 cm³/mol. The number of fused-ring (bicyclic) bond motifs is 3. The number of hydrogen-bond acceptors (Lipinski definition) is 5. The number of ether oxygens (including phenoxy) is 2. The molecule has 0 aliphatic heterocycles. The lowest BCUT2D eigenvalue weighted by Crippen LogP contribution is -2.42. The molecule has 0 saturated carbocycles. The minimum atomic E-state index is -1.22. The van der Waals surface area contributed by atoms with Gasteiger partial charge in [-0.15, -0.1) is 0 Å². The first kappa shape index (κ1) is 22.8. The van der Waals surface area contributed by atoms with Gasteiger partial charge in [-0.05, 0) is 47.4 Å². The fourth-order valence-corrected chi connectivity index (χ4v) is 4.06. The van der Waals surface area contributed by atoms with Crippen LogP contribution in [0.2, 0.25) is 0 Å². The van der Waals surface area contributed by atoms with Gasteiger partial charge in [-0.25, -0.2) is 9.59 Å². The summed E-state index contributed by atoms with van der Waals surface area (Å²) in [6, 6.07) is 19.3. The van der Waals surface area contributed by atoms with E-state index >= 15 is 0 Å². The summed E-state index contributed by atoms with van der Waals surface area (Å²) in [5.41, 5.74) is 4.38. The number of alkyl carbamates (subject to hydrolysis) is 1. The molecule has 0 fully saturated rings. The van der Waals surface area contributed by atoms with Crippen molar-refractivity contribution in [3.05, 3.63) is 83.4 Å². The summed E-state index contributed by atoms with van der Waals surface area (Å²) in [6.45, 7) is 1.61. The Balaban J connectivity index is 1.38. The molecule has 0 unspecified atom stereocenters. The second-order valence-corrected chi connectivity index (χ2v) is 7.90. The van der Waals surface area contributed by atoms with Crippen molar-refractivity contribution < 1.29 is 29.0 Å². The Morgan fingerprint density at radius 3 is 2.18 bits per heavy atom. The van der Waals surface area contributed by atoms with Crippen LogP contribution in [0.1, 0.15) is 34.3 Å². The second-order valence-electron chi connectivity index (χ2n) is 7.90.